The monoisotopic (exact) mass is 260 g/mol. The molecule has 0 unspecified atom stereocenters. The molecule has 0 atom stereocenters. The number of aryl methyl sites for hydroxylation is 1. The van der Waals surface area contributed by atoms with Crippen LogP contribution in [-0.4, -0.2) is 16.7 Å². The van der Waals surface area contributed by atoms with Crippen LogP contribution in [-0.2, 0) is 7.05 Å². The summed E-state index contributed by atoms with van der Waals surface area (Å²) in [7, 11) is 1.61. The molecule has 0 bridgehead atoms. The quantitative estimate of drug-likeness (QED) is 0.915. The second-order valence-corrected chi connectivity index (χ2v) is 4.59. The number of carbonyl (C=O) groups is 1. The van der Waals surface area contributed by atoms with Gasteiger partial charge in [0.1, 0.15) is 5.69 Å². The first-order chi connectivity index (χ1) is 9.00. The van der Waals surface area contributed by atoms with Crippen molar-refractivity contribution >= 4 is 5.91 Å². The number of hydrogen-bond acceptors (Lipinski definition) is 3. The van der Waals surface area contributed by atoms with Gasteiger partial charge in [-0.15, -0.1) is 0 Å². The molecular weight excluding hydrogens is 244 g/mol. The Morgan fingerprint density at radius 1 is 1.26 bits per heavy atom. The molecule has 1 N–H and O–H groups in total. The van der Waals surface area contributed by atoms with E-state index in [1.54, 1.807) is 7.05 Å². The van der Waals surface area contributed by atoms with E-state index in [1.807, 2.05) is 44.2 Å². The van der Waals surface area contributed by atoms with Crippen LogP contribution < -0.4 is 10.9 Å². The van der Waals surface area contributed by atoms with Gasteiger partial charge in [-0.25, -0.2) is 9.53 Å². The molecule has 2 rings (SSSR count). The summed E-state index contributed by atoms with van der Waals surface area (Å²) in [6, 6.07) is 9.17. The third-order valence-electron chi connectivity index (χ3n) is 2.67. The average Bonchev–Trinajstić information content (AvgIpc) is 2.64. The van der Waals surface area contributed by atoms with Crippen molar-refractivity contribution in [3.8, 4) is 11.3 Å². The molecule has 0 aliphatic carbocycles. The third kappa shape index (κ3) is 2.59. The van der Waals surface area contributed by atoms with Gasteiger partial charge in [0.2, 0.25) is 0 Å². The van der Waals surface area contributed by atoms with Crippen molar-refractivity contribution in [3.05, 3.63) is 46.3 Å². The van der Waals surface area contributed by atoms with Crippen LogP contribution >= 0.6 is 0 Å². The van der Waals surface area contributed by atoms with Gasteiger partial charge in [-0.2, -0.15) is 0 Å². The Bertz CT molecular complexity index is 638. The zero-order chi connectivity index (χ0) is 14.0. The second kappa shape index (κ2) is 5.14. The summed E-state index contributed by atoms with van der Waals surface area (Å²) in [4.78, 5) is 23.9. The van der Waals surface area contributed by atoms with Crippen molar-refractivity contribution in [2.75, 3.05) is 0 Å². The van der Waals surface area contributed by atoms with Crippen LogP contribution in [0.15, 0.2) is 39.6 Å². The highest BCUT2D eigenvalue weighted by Crippen LogP contribution is 2.21. The lowest BCUT2D eigenvalue weighted by Gasteiger charge is -2.08. The fraction of sp³-hybridized carbons (Fsp3) is 0.286. The molecule has 1 aromatic heterocycles. The first-order valence-corrected chi connectivity index (χ1v) is 6.07. The van der Waals surface area contributed by atoms with Crippen LogP contribution in [0.1, 0.15) is 24.2 Å². The van der Waals surface area contributed by atoms with E-state index in [9.17, 15) is 9.59 Å². The summed E-state index contributed by atoms with van der Waals surface area (Å²) in [6.07, 6.45) is 0. The SMILES string of the molecule is CC(C)NC(=O)c1c(-c2ccccc2)n(C)oc1=O. The number of amides is 1. The molecule has 0 aliphatic heterocycles. The van der Waals surface area contributed by atoms with E-state index in [-0.39, 0.29) is 11.6 Å². The molecule has 0 aliphatic rings. The molecule has 0 fully saturated rings. The van der Waals surface area contributed by atoms with Crippen molar-refractivity contribution in [3.63, 3.8) is 0 Å². The normalized spacial score (nSPS) is 10.7. The largest absolute Gasteiger partial charge is 0.370 e. The highest BCUT2D eigenvalue weighted by atomic mass is 16.5. The molecule has 19 heavy (non-hydrogen) atoms. The molecule has 5 nitrogen and oxygen atoms in total. The minimum atomic E-state index is -0.625. The topological polar surface area (TPSA) is 64.2 Å². The molecule has 0 radical (unpaired) electrons. The molecule has 100 valence electrons. The lowest BCUT2D eigenvalue weighted by molar-refractivity contribution is 0.0941. The lowest BCUT2D eigenvalue weighted by Crippen LogP contribution is -2.32. The standard InChI is InChI=1S/C14H16N2O3/c1-9(2)15-13(17)11-12(16(3)19-14(11)18)10-7-5-4-6-8-10/h4-9H,1-3H3,(H,15,17). The van der Waals surface area contributed by atoms with Crippen LogP contribution in [0.5, 0.6) is 0 Å². The van der Waals surface area contributed by atoms with Gasteiger partial charge in [-0.05, 0) is 13.8 Å². The van der Waals surface area contributed by atoms with Crippen molar-refractivity contribution in [1.82, 2.24) is 10.1 Å². The molecule has 2 aromatic rings. The zero-order valence-electron chi connectivity index (χ0n) is 11.1. The number of aromatic nitrogens is 1. The Morgan fingerprint density at radius 3 is 2.47 bits per heavy atom. The molecule has 1 aromatic carbocycles. The van der Waals surface area contributed by atoms with E-state index < -0.39 is 11.5 Å². The van der Waals surface area contributed by atoms with E-state index in [2.05, 4.69) is 5.32 Å². The molecule has 0 saturated heterocycles. The Kier molecular flexibility index (Phi) is 3.55. The predicted molar refractivity (Wildman–Crippen MR) is 72.0 cm³/mol. The summed E-state index contributed by atoms with van der Waals surface area (Å²) in [5, 5.41) is 2.71. The fourth-order valence-electron chi connectivity index (χ4n) is 1.93. The number of nitrogens with zero attached hydrogens (tertiary/aromatic N) is 1. The van der Waals surface area contributed by atoms with Gasteiger partial charge in [0.15, 0.2) is 5.56 Å². The van der Waals surface area contributed by atoms with Crippen LogP contribution in [0, 0.1) is 0 Å². The van der Waals surface area contributed by atoms with Gasteiger partial charge in [0, 0.05) is 18.7 Å². The average molecular weight is 260 g/mol. The summed E-state index contributed by atoms with van der Waals surface area (Å²) in [5.74, 6) is -0.414. The predicted octanol–water partition coefficient (Wildman–Crippen LogP) is 1.78. The first kappa shape index (κ1) is 13.1. The zero-order valence-corrected chi connectivity index (χ0v) is 11.1. The molecule has 0 saturated carbocycles. The number of benzene rings is 1. The minimum absolute atomic E-state index is 0.0439. The maximum Gasteiger partial charge on any atom is 0.370 e. The fourth-order valence-corrected chi connectivity index (χ4v) is 1.93. The van der Waals surface area contributed by atoms with Crippen molar-refractivity contribution in [2.24, 2.45) is 7.05 Å². The van der Waals surface area contributed by atoms with Gasteiger partial charge < -0.3 is 9.84 Å². The number of nitrogens with one attached hydrogen (secondary N) is 1. The summed E-state index contributed by atoms with van der Waals surface area (Å²) >= 11 is 0. The van der Waals surface area contributed by atoms with Gasteiger partial charge >= 0.3 is 5.63 Å². The van der Waals surface area contributed by atoms with E-state index in [0.29, 0.717) is 5.69 Å². The van der Waals surface area contributed by atoms with Crippen molar-refractivity contribution in [2.45, 2.75) is 19.9 Å². The smallest absolute Gasteiger partial charge is 0.350 e. The van der Waals surface area contributed by atoms with E-state index in [4.69, 9.17) is 4.52 Å². The van der Waals surface area contributed by atoms with Crippen molar-refractivity contribution in [1.29, 1.82) is 0 Å². The van der Waals surface area contributed by atoms with Gasteiger partial charge in [0.25, 0.3) is 5.91 Å². The Labute approximate surface area is 110 Å². The highest BCUT2D eigenvalue weighted by Gasteiger charge is 2.23. The Balaban J connectivity index is 2.56. The molecule has 0 spiro atoms. The van der Waals surface area contributed by atoms with Crippen LogP contribution in [0.25, 0.3) is 11.3 Å². The lowest BCUT2D eigenvalue weighted by atomic mass is 10.1. The first-order valence-electron chi connectivity index (χ1n) is 6.07. The van der Waals surface area contributed by atoms with Gasteiger partial charge in [0.05, 0.1) is 0 Å². The van der Waals surface area contributed by atoms with Crippen molar-refractivity contribution < 1.29 is 9.32 Å². The van der Waals surface area contributed by atoms with Crippen LogP contribution in [0.2, 0.25) is 0 Å². The molecule has 5 heteroatoms. The Hall–Kier alpha value is -2.30. The third-order valence-corrected chi connectivity index (χ3v) is 2.67. The summed E-state index contributed by atoms with van der Waals surface area (Å²) in [5.41, 5.74) is 0.676. The summed E-state index contributed by atoms with van der Waals surface area (Å²) < 4.78 is 6.33. The molecule has 1 heterocycles. The highest BCUT2D eigenvalue weighted by molar-refractivity contribution is 5.99. The minimum Gasteiger partial charge on any atom is -0.350 e. The maximum absolute atomic E-state index is 12.1. The van der Waals surface area contributed by atoms with E-state index in [0.717, 1.165) is 5.56 Å². The van der Waals surface area contributed by atoms with E-state index in [1.165, 1.54) is 4.74 Å². The Morgan fingerprint density at radius 2 is 1.89 bits per heavy atom. The number of rotatable bonds is 3. The maximum atomic E-state index is 12.1. The molecular formula is C14H16N2O3. The van der Waals surface area contributed by atoms with E-state index >= 15 is 0 Å². The number of carbonyl (C=O) groups excluding carboxylic acids is 1. The van der Waals surface area contributed by atoms with Crippen LogP contribution in [0.3, 0.4) is 0 Å². The van der Waals surface area contributed by atoms with Crippen LogP contribution in [0.4, 0.5) is 0 Å². The molecule has 1 amide bonds. The van der Waals surface area contributed by atoms with Gasteiger partial charge in [-0.1, -0.05) is 30.3 Å². The van der Waals surface area contributed by atoms with Gasteiger partial charge in [-0.3, -0.25) is 4.79 Å². The second-order valence-electron chi connectivity index (χ2n) is 4.59. The summed E-state index contributed by atoms with van der Waals surface area (Å²) in [6.45, 7) is 3.68. The number of hydrogen-bond donors (Lipinski definition) is 1.